The number of fused-ring (bicyclic) bond motifs is 9. The van der Waals surface area contributed by atoms with Crippen LogP contribution < -0.4 is 26.2 Å². The highest BCUT2D eigenvalue weighted by Gasteiger charge is 2.49. The monoisotopic (exact) mass is 917 g/mol. The summed E-state index contributed by atoms with van der Waals surface area (Å²) in [6.45, 7) is 36.5. The van der Waals surface area contributed by atoms with Gasteiger partial charge in [-0.2, -0.15) is 0 Å². The molecule has 0 unspecified atom stereocenters. The molecule has 5 aliphatic rings. The molecular formula is C67H73BN2. The minimum atomic E-state index is -0.187. The van der Waals surface area contributed by atoms with E-state index in [0.717, 1.165) is 0 Å². The lowest BCUT2D eigenvalue weighted by Gasteiger charge is -2.48. The van der Waals surface area contributed by atoms with Crippen LogP contribution in [0.1, 0.15) is 166 Å². The molecule has 0 bridgehead atoms. The Morgan fingerprint density at radius 2 is 0.871 bits per heavy atom. The molecule has 7 aromatic carbocycles. The standard InChI is InChI=1S/C67H73BN2/c1-40-21-19-20-24-55(40)69-57-38-48-46(45-34-49-50(36-47(45)67(48,14)15)64(8,9)28-27-63(49,6)7)35-53(57)68-54-37-51-52(66(12,13)30-29-65(51,10)11)39-58(54)70(56-26-25-44(31-41(56)2)62(3,4)5)60-33-43(32-59(69)61(60)68)42-22-17-16-18-23-42/h16-26,31-39H,27-30H2,1-15H3. The van der Waals surface area contributed by atoms with Gasteiger partial charge >= 0.3 is 0 Å². The second-order valence-electron chi connectivity index (χ2n) is 26.5. The Hall–Kier alpha value is -5.80. The Labute approximate surface area is 420 Å². The van der Waals surface area contributed by atoms with Crippen LogP contribution in [0.5, 0.6) is 0 Å². The molecule has 0 saturated carbocycles. The van der Waals surface area contributed by atoms with Gasteiger partial charge in [0.25, 0.3) is 6.71 Å². The van der Waals surface area contributed by atoms with E-state index in [9.17, 15) is 0 Å². The van der Waals surface area contributed by atoms with E-state index < -0.39 is 0 Å². The van der Waals surface area contributed by atoms with Crippen molar-refractivity contribution in [3.05, 3.63) is 171 Å². The molecule has 0 spiro atoms. The molecule has 0 saturated heterocycles. The van der Waals surface area contributed by atoms with Gasteiger partial charge in [-0.25, -0.2) is 0 Å². The first-order valence-electron chi connectivity index (χ1n) is 26.5. The highest BCUT2D eigenvalue weighted by Crippen LogP contribution is 2.57. The largest absolute Gasteiger partial charge is 0.311 e. The number of para-hydroxylation sites is 1. The topological polar surface area (TPSA) is 6.48 Å². The highest BCUT2D eigenvalue weighted by molar-refractivity contribution is 7.00. The van der Waals surface area contributed by atoms with Gasteiger partial charge in [0.1, 0.15) is 0 Å². The van der Waals surface area contributed by atoms with Crippen LogP contribution in [0.3, 0.4) is 0 Å². The minimum absolute atomic E-state index is 0.00194. The molecule has 0 atom stereocenters. The molecular weight excluding hydrogens is 844 g/mol. The fourth-order valence-corrected chi connectivity index (χ4v) is 13.8. The van der Waals surface area contributed by atoms with Gasteiger partial charge in [0.15, 0.2) is 0 Å². The van der Waals surface area contributed by atoms with Crippen LogP contribution in [0.2, 0.25) is 0 Å². The first-order valence-corrected chi connectivity index (χ1v) is 26.5. The van der Waals surface area contributed by atoms with Crippen molar-refractivity contribution in [1.82, 2.24) is 0 Å². The maximum absolute atomic E-state index is 2.71. The van der Waals surface area contributed by atoms with E-state index in [-0.39, 0.29) is 39.2 Å². The normalized spacial score (nSPS) is 19.0. The third-order valence-electron chi connectivity index (χ3n) is 18.6. The van der Waals surface area contributed by atoms with Crippen molar-refractivity contribution >= 4 is 57.2 Å². The second-order valence-corrected chi connectivity index (χ2v) is 26.5. The smallest absolute Gasteiger partial charge is 0.252 e. The molecule has 0 amide bonds. The lowest BCUT2D eigenvalue weighted by Crippen LogP contribution is -2.62. The van der Waals surface area contributed by atoms with Gasteiger partial charge in [0.05, 0.1) is 0 Å². The Bertz CT molecular complexity index is 3370. The van der Waals surface area contributed by atoms with E-state index >= 15 is 0 Å². The van der Waals surface area contributed by atoms with Crippen molar-refractivity contribution in [3.63, 3.8) is 0 Å². The zero-order chi connectivity index (χ0) is 49.4. The van der Waals surface area contributed by atoms with Crippen LogP contribution in [-0.4, -0.2) is 6.71 Å². The lowest BCUT2D eigenvalue weighted by atomic mass is 9.33. The molecule has 0 fully saturated rings. The summed E-state index contributed by atoms with van der Waals surface area (Å²) in [6, 6.07) is 48.6. The molecule has 354 valence electrons. The first kappa shape index (κ1) is 45.4. The molecule has 2 nitrogen and oxygen atoms in total. The average molecular weight is 917 g/mol. The summed E-state index contributed by atoms with van der Waals surface area (Å²) < 4.78 is 0. The third kappa shape index (κ3) is 6.44. The van der Waals surface area contributed by atoms with Crippen molar-refractivity contribution in [1.29, 1.82) is 0 Å². The van der Waals surface area contributed by atoms with Crippen molar-refractivity contribution in [2.75, 3.05) is 9.80 Å². The van der Waals surface area contributed by atoms with E-state index in [1.807, 2.05) is 0 Å². The quantitative estimate of drug-likeness (QED) is 0.163. The molecule has 0 aromatic heterocycles. The number of benzene rings is 7. The fraction of sp³-hybridized carbons (Fsp3) is 0.373. The number of anilines is 6. The molecule has 70 heavy (non-hydrogen) atoms. The molecule has 0 N–H and O–H groups in total. The maximum atomic E-state index is 2.71. The zero-order valence-electron chi connectivity index (χ0n) is 44.8. The number of nitrogens with zero attached hydrogens (tertiary/aromatic N) is 2. The van der Waals surface area contributed by atoms with E-state index in [2.05, 4.69) is 235 Å². The number of hydrogen-bond acceptors (Lipinski definition) is 2. The summed E-state index contributed by atoms with van der Waals surface area (Å²) in [4.78, 5) is 5.37. The van der Waals surface area contributed by atoms with Gasteiger partial charge in [-0.15, -0.1) is 0 Å². The third-order valence-corrected chi connectivity index (χ3v) is 18.6. The van der Waals surface area contributed by atoms with Crippen molar-refractivity contribution in [2.45, 2.75) is 162 Å². The van der Waals surface area contributed by atoms with Crippen LogP contribution >= 0.6 is 0 Å². The van der Waals surface area contributed by atoms with Gasteiger partial charge in [-0.05, 0) is 198 Å². The first-order chi connectivity index (χ1) is 32.9. The molecule has 0 radical (unpaired) electrons. The van der Waals surface area contributed by atoms with Crippen LogP contribution in [-0.2, 0) is 32.5 Å². The molecule has 2 aliphatic heterocycles. The molecule has 3 heteroatoms. The van der Waals surface area contributed by atoms with Crippen molar-refractivity contribution in [3.8, 4) is 22.3 Å². The van der Waals surface area contributed by atoms with E-state index in [1.54, 1.807) is 5.56 Å². The van der Waals surface area contributed by atoms with Crippen LogP contribution in [0.15, 0.2) is 121 Å². The predicted octanol–water partition coefficient (Wildman–Crippen LogP) is 16.4. The molecule has 7 aromatic rings. The van der Waals surface area contributed by atoms with Gasteiger partial charge in [0, 0.05) is 39.5 Å². The summed E-state index contributed by atoms with van der Waals surface area (Å²) in [5.41, 5.74) is 30.3. The number of hydrogen-bond donors (Lipinski definition) is 0. The Morgan fingerprint density at radius 1 is 0.400 bits per heavy atom. The Morgan fingerprint density at radius 3 is 1.44 bits per heavy atom. The Balaban J connectivity index is 1.23. The fourth-order valence-electron chi connectivity index (χ4n) is 13.8. The summed E-state index contributed by atoms with van der Waals surface area (Å²) >= 11 is 0. The van der Waals surface area contributed by atoms with Gasteiger partial charge in [-0.3, -0.25) is 0 Å². The van der Waals surface area contributed by atoms with Crippen molar-refractivity contribution < 1.29 is 0 Å². The van der Waals surface area contributed by atoms with E-state index in [1.165, 1.54) is 143 Å². The highest BCUT2D eigenvalue weighted by atomic mass is 15.2. The Kier molecular flexibility index (Phi) is 9.49. The number of rotatable bonds is 3. The predicted molar refractivity (Wildman–Crippen MR) is 302 cm³/mol. The average Bonchev–Trinajstić information content (AvgIpc) is 3.52. The SMILES string of the molecule is Cc1cc(C(C)(C)C)ccc1N1c2cc3c(cc2B2c4cc5c(cc4N(c4ccccc4C)c4cc(-c6ccccc6)cc1c42)C(C)(C)c1cc2c(cc1-5)C(C)(C)CCC2(C)C)C(C)(C)CCC3(C)C. The summed E-state index contributed by atoms with van der Waals surface area (Å²) in [7, 11) is 0. The maximum Gasteiger partial charge on any atom is 0.252 e. The van der Waals surface area contributed by atoms with Crippen molar-refractivity contribution in [2.24, 2.45) is 0 Å². The minimum Gasteiger partial charge on any atom is -0.311 e. The van der Waals surface area contributed by atoms with Gasteiger partial charge in [0.2, 0.25) is 0 Å². The van der Waals surface area contributed by atoms with Gasteiger partial charge < -0.3 is 9.80 Å². The molecule has 3 aliphatic carbocycles. The zero-order valence-corrected chi connectivity index (χ0v) is 44.8. The summed E-state index contributed by atoms with van der Waals surface area (Å²) in [5.74, 6) is 0. The van der Waals surface area contributed by atoms with Gasteiger partial charge in [-0.1, -0.05) is 169 Å². The second kappa shape index (κ2) is 14.7. The van der Waals surface area contributed by atoms with Crippen LogP contribution in [0.25, 0.3) is 22.3 Å². The van der Waals surface area contributed by atoms with Crippen LogP contribution in [0, 0.1) is 13.8 Å². The molecule has 2 heterocycles. The lowest BCUT2D eigenvalue weighted by molar-refractivity contribution is 0.331. The van der Waals surface area contributed by atoms with Crippen LogP contribution in [0.4, 0.5) is 34.1 Å². The summed E-state index contributed by atoms with van der Waals surface area (Å²) in [5, 5.41) is 0. The molecule has 12 rings (SSSR count). The van der Waals surface area contributed by atoms with E-state index in [0.29, 0.717) is 0 Å². The van der Waals surface area contributed by atoms with E-state index in [4.69, 9.17) is 0 Å². The number of aryl methyl sites for hydroxylation is 2. The summed E-state index contributed by atoms with van der Waals surface area (Å²) in [6.07, 6.45) is 4.75.